The summed E-state index contributed by atoms with van der Waals surface area (Å²) >= 11 is 11.8. The molecule has 1 atom stereocenters. The quantitative estimate of drug-likeness (QED) is 0.537. The van der Waals surface area contributed by atoms with Crippen LogP contribution in [0.5, 0.6) is 0 Å². The first-order valence-corrected chi connectivity index (χ1v) is 7.37. The Morgan fingerprint density at radius 3 is 2.52 bits per heavy atom. The Balaban J connectivity index is 2.91. The molecule has 0 aromatic heterocycles. The molecule has 1 aromatic carbocycles. The number of nitrogens with one attached hydrogen (secondary N) is 2. The number of anilines is 1. The summed E-state index contributed by atoms with van der Waals surface area (Å²) < 4.78 is 0. The number of nitriles is 1. The van der Waals surface area contributed by atoms with Gasteiger partial charge in [0.2, 0.25) is 0 Å². The molecule has 1 amide bonds. The Bertz CT molecular complexity index is 681. The first kappa shape index (κ1) is 18.8. The molecule has 0 bridgehead atoms. The van der Waals surface area contributed by atoms with E-state index in [1.165, 1.54) is 6.07 Å². The molecule has 0 aliphatic carbocycles. The summed E-state index contributed by atoms with van der Waals surface area (Å²) in [4.78, 5) is 23.1. The molecule has 0 aliphatic rings. The summed E-state index contributed by atoms with van der Waals surface area (Å²) in [5, 5.41) is 23.9. The average molecular weight is 356 g/mol. The zero-order chi connectivity index (χ0) is 17.6. The summed E-state index contributed by atoms with van der Waals surface area (Å²) in [5.74, 6) is -2.29. The summed E-state index contributed by atoms with van der Waals surface area (Å²) in [6.07, 6.45) is 1.14. The van der Waals surface area contributed by atoms with Gasteiger partial charge in [-0.05, 0) is 24.1 Å². The molecular weight excluding hydrogens is 341 g/mol. The molecule has 1 unspecified atom stereocenters. The summed E-state index contributed by atoms with van der Waals surface area (Å²) in [7, 11) is 0. The van der Waals surface area contributed by atoms with Gasteiger partial charge in [-0.1, -0.05) is 37.0 Å². The topological polar surface area (TPSA) is 102 Å². The summed E-state index contributed by atoms with van der Waals surface area (Å²) in [6.45, 7) is 3.30. The van der Waals surface area contributed by atoms with Crippen molar-refractivity contribution < 1.29 is 14.7 Å². The number of hydrogen-bond donors (Lipinski definition) is 3. The van der Waals surface area contributed by atoms with Crippen LogP contribution in [-0.4, -0.2) is 23.0 Å². The molecule has 8 heteroatoms. The standard InChI is InChI=1S/C15H15Cl2N3O3/c1-8(2)13(15(22)23)20-14(21)9(6-18)7-19-12-5-10(16)3-4-11(12)17/h3-5,7-8,13,19H,1-2H3,(H,20,21)(H,22,23)/b9-7-. The molecular formula is C15H15Cl2N3O3. The Labute approximate surface area is 143 Å². The highest BCUT2D eigenvalue weighted by atomic mass is 35.5. The number of amides is 1. The highest BCUT2D eigenvalue weighted by molar-refractivity contribution is 6.35. The van der Waals surface area contributed by atoms with Gasteiger partial charge in [-0.2, -0.15) is 5.26 Å². The van der Waals surface area contributed by atoms with E-state index in [4.69, 9.17) is 33.6 Å². The lowest BCUT2D eigenvalue weighted by molar-refractivity contribution is -0.142. The SMILES string of the molecule is CC(C)C(NC(=O)/C(C#N)=C\Nc1cc(Cl)ccc1Cl)C(=O)O. The van der Waals surface area contributed by atoms with Crippen LogP contribution in [0.25, 0.3) is 0 Å². The van der Waals surface area contributed by atoms with Crippen LogP contribution >= 0.6 is 23.2 Å². The number of carbonyl (C=O) groups is 2. The van der Waals surface area contributed by atoms with Crippen LogP contribution in [0.2, 0.25) is 10.0 Å². The fourth-order valence-electron chi connectivity index (χ4n) is 1.64. The van der Waals surface area contributed by atoms with Gasteiger partial charge in [-0.15, -0.1) is 0 Å². The molecule has 0 radical (unpaired) electrons. The highest BCUT2D eigenvalue weighted by Crippen LogP contribution is 2.25. The molecule has 0 saturated heterocycles. The number of rotatable bonds is 6. The molecule has 1 rings (SSSR count). The number of hydrogen-bond acceptors (Lipinski definition) is 4. The number of carboxylic acids is 1. The van der Waals surface area contributed by atoms with Crippen molar-refractivity contribution in [3.63, 3.8) is 0 Å². The molecule has 6 nitrogen and oxygen atoms in total. The predicted octanol–water partition coefficient (Wildman–Crippen LogP) is 3.04. The van der Waals surface area contributed by atoms with E-state index in [0.29, 0.717) is 15.7 Å². The lowest BCUT2D eigenvalue weighted by Crippen LogP contribution is -2.44. The second-order valence-electron chi connectivity index (χ2n) is 4.97. The third-order valence-corrected chi connectivity index (χ3v) is 3.45. The number of halogens is 2. The third-order valence-electron chi connectivity index (χ3n) is 2.88. The van der Waals surface area contributed by atoms with E-state index in [9.17, 15) is 9.59 Å². The van der Waals surface area contributed by atoms with E-state index in [1.54, 1.807) is 32.0 Å². The van der Waals surface area contributed by atoms with Gasteiger partial charge in [-0.25, -0.2) is 4.79 Å². The van der Waals surface area contributed by atoms with Gasteiger partial charge in [0.25, 0.3) is 5.91 Å². The zero-order valence-corrected chi connectivity index (χ0v) is 13.9. The maximum absolute atomic E-state index is 12.0. The number of benzene rings is 1. The van der Waals surface area contributed by atoms with E-state index >= 15 is 0 Å². The molecule has 1 aromatic rings. The monoisotopic (exact) mass is 355 g/mol. The Morgan fingerprint density at radius 2 is 2.00 bits per heavy atom. The smallest absolute Gasteiger partial charge is 0.326 e. The number of aliphatic carboxylic acids is 1. The van der Waals surface area contributed by atoms with E-state index in [0.717, 1.165) is 6.20 Å². The number of carboxylic acid groups (broad SMARTS) is 1. The maximum atomic E-state index is 12.0. The molecule has 0 aliphatic heterocycles. The van der Waals surface area contributed by atoms with Crippen molar-refractivity contribution in [1.82, 2.24) is 5.32 Å². The van der Waals surface area contributed by atoms with Gasteiger partial charge >= 0.3 is 5.97 Å². The number of nitrogens with zero attached hydrogens (tertiary/aromatic N) is 1. The van der Waals surface area contributed by atoms with E-state index < -0.39 is 17.9 Å². The van der Waals surface area contributed by atoms with Gasteiger partial charge in [-0.3, -0.25) is 4.79 Å². The number of carbonyl (C=O) groups excluding carboxylic acids is 1. The molecule has 23 heavy (non-hydrogen) atoms. The van der Waals surface area contributed by atoms with Gasteiger partial charge < -0.3 is 15.7 Å². The fourth-order valence-corrected chi connectivity index (χ4v) is 1.98. The minimum atomic E-state index is -1.17. The second kappa shape index (κ2) is 8.42. The van der Waals surface area contributed by atoms with Gasteiger partial charge in [0.1, 0.15) is 17.7 Å². The first-order valence-electron chi connectivity index (χ1n) is 6.61. The van der Waals surface area contributed by atoms with Crippen LogP contribution in [0.4, 0.5) is 5.69 Å². The molecule has 3 N–H and O–H groups in total. The molecule has 0 fully saturated rings. The molecule has 122 valence electrons. The van der Waals surface area contributed by atoms with Crippen molar-refractivity contribution in [3.8, 4) is 6.07 Å². The van der Waals surface area contributed by atoms with Crippen LogP contribution in [0.15, 0.2) is 30.0 Å². The van der Waals surface area contributed by atoms with Crippen LogP contribution in [0.3, 0.4) is 0 Å². The van der Waals surface area contributed by atoms with Crippen molar-refractivity contribution in [1.29, 1.82) is 5.26 Å². The van der Waals surface area contributed by atoms with Crippen molar-refractivity contribution >= 4 is 40.8 Å². The van der Waals surface area contributed by atoms with Crippen LogP contribution in [0.1, 0.15) is 13.8 Å². The predicted molar refractivity (Wildman–Crippen MR) is 88.2 cm³/mol. The zero-order valence-electron chi connectivity index (χ0n) is 12.4. The highest BCUT2D eigenvalue weighted by Gasteiger charge is 2.24. The van der Waals surface area contributed by atoms with E-state index in [1.807, 2.05) is 0 Å². The minimum Gasteiger partial charge on any atom is -0.480 e. The lowest BCUT2D eigenvalue weighted by atomic mass is 10.0. The Kier molecular flexibility index (Phi) is 6.89. The normalized spacial score (nSPS) is 12.4. The Hall–Kier alpha value is -2.23. The van der Waals surface area contributed by atoms with Crippen molar-refractivity contribution in [2.75, 3.05) is 5.32 Å². The molecule has 0 spiro atoms. The molecule has 0 heterocycles. The van der Waals surface area contributed by atoms with Crippen molar-refractivity contribution in [2.24, 2.45) is 5.92 Å². The minimum absolute atomic E-state index is 0.284. The van der Waals surface area contributed by atoms with Crippen molar-refractivity contribution in [3.05, 3.63) is 40.0 Å². The largest absolute Gasteiger partial charge is 0.480 e. The summed E-state index contributed by atoms with van der Waals surface area (Å²) in [5.41, 5.74) is 0.131. The van der Waals surface area contributed by atoms with Crippen LogP contribution in [0, 0.1) is 17.2 Å². The maximum Gasteiger partial charge on any atom is 0.326 e. The first-order chi connectivity index (χ1) is 10.8. The second-order valence-corrected chi connectivity index (χ2v) is 5.82. The third kappa shape index (κ3) is 5.47. The van der Waals surface area contributed by atoms with Crippen LogP contribution in [-0.2, 0) is 9.59 Å². The van der Waals surface area contributed by atoms with Gasteiger partial charge in [0, 0.05) is 11.2 Å². The van der Waals surface area contributed by atoms with Crippen LogP contribution < -0.4 is 10.6 Å². The van der Waals surface area contributed by atoms with Crippen molar-refractivity contribution in [2.45, 2.75) is 19.9 Å². The van der Waals surface area contributed by atoms with E-state index in [-0.39, 0.29) is 11.5 Å². The van der Waals surface area contributed by atoms with E-state index in [2.05, 4.69) is 10.6 Å². The lowest BCUT2D eigenvalue weighted by Gasteiger charge is -2.17. The summed E-state index contributed by atoms with van der Waals surface area (Å²) in [6, 6.07) is 5.30. The van der Waals surface area contributed by atoms with Gasteiger partial charge in [0.05, 0.1) is 10.7 Å². The molecule has 0 saturated carbocycles. The Morgan fingerprint density at radius 1 is 1.35 bits per heavy atom. The average Bonchev–Trinajstić information content (AvgIpc) is 2.48. The van der Waals surface area contributed by atoms with Gasteiger partial charge in [0.15, 0.2) is 0 Å². The fraction of sp³-hybridized carbons (Fsp3) is 0.267.